The summed E-state index contributed by atoms with van der Waals surface area (Å²) in [5.41, 5.74) is 0.472. The number of hydrogen-bond donors (Lipinski definition) is 1. The van der Waals surface area contributed by atoms with Gasteiger partial charge in [-0.25, -0.2) is 4.98 Å². The van der Waals surface area contributed by atoms with Crippen LogP contribution in [0.15, 0.2) is 18.3 Å². The zero-order valence-corrected chi connectivity index (χ0v) is 13.6. The Hall–Kier alpha value is -1.38. The molecule has 0 spiro atoms. The van der Waals surface area contributed by atoms with E-state index in [0.717, 1.165) is 42.8 Å². The number of nitrogens with zero attached hydrogens (tertiary/aromatic N) is 4. The van der Waals surface area contributed by atoms with Crippen LogP contribution >= 0.6 is 0 Å². The Morgan fingerprint density at radius 1 is 1.24 bits per heavy atom. The van der Waals surface area contributed by atoms with Gasteiger partial charge in [0.25, 0.3) is 0 Å². The van der Waals surface area contributed by atoms with Crippen LogP contribution in [0.2, 0.25) is 0 Å². The van der Waals surface area contributed by atoms with E-state index in [1.807, 2.05) is 6.07 Å². The minimum atomic E-state index is -3.48. The number of likely N-dealkylation sites (N-methyl/N-ethyl adjacent to an activating group) is 1. The van der Waals surface area contributed by atoms with Crippen molar-refractivity contribution in [2.24, 2.45) is 0 Å². The normalized spacial score (nSPS) is 17.2. The third-order valence-corrected chi connectivity index (χ3v) is 5.07. The van der Waals surface area contributed by atoms with Crippen LogP contribution in [0.1, 0.15) is 6.92 Å². The second kappa shape index (κ2) is 6.59. The fraction of sp³-hybridized carbons (Fsp3) is 0.615. The first-order valence-electron chi connectivity index (χ1n) is 7.06. The van der Waals surface area contributed by atoms with Gasteiger partial charge in [-0.05, 0) is 18.7 Å². The van der Waals surface area contributed by atoms with Crippen LogP contribution in [0.25, 0.3) is 0 Å². The lowest BCUT2D eigenvalue weighted by Gasteiger charge is -2.34. The summed E-state index contributed by atoms with van der Waals surface area (Å²) in [6, 6.07) is 3.60. The number of piperazine rings is 1. The summed E-state index contributed by atoms with van der Waals surface area (Å²) in [5.74, 6) is 0.888. The van der Waals surface area contributed by atoms with Crippen LogP contribution in [0, 0.1) is 0 Å². The summed E-state index contributed by atoms with van der Waals surface area (Å²) < 4.78 is 27.1. The molecule has 1 aliphatic rings. The molecule has 1 aliphatic heterocycles. The Morgan fingerprint density at radius 3 is 2.38 bits per heavy atom. The number of anilines is 2. The minimum Gasteiger partial charge on any atom is -0.354 e. The Labute approximate surface area is 126 Å². The first-order chi connectivity index (χ1) is 9.92. The van der Waals surface area contributed by atoms with Crippen LogP contribution < -0.4 is 9.62 Å². The fourth-order valence-corrected chi connectivity index (χ4v) is 2.77. The van der Waals surface area contributed by atoms with E-state index >= 15 is 0 Å². The third kappa shape index (κ3) is 4.05. The summed E-state index contributed by atoms with van der Waals surface area (Å²) in [4.78, 5) is 8.98. The predicted molar refractivity (Wildman–Crippen MR) is 84.8 cm³/mol. The van der Waals surface area contributed by atoms with E-state index in [1.165, 1.54) is 14.1 Å². The van der Waals surface area contributed by atoms with Crippen molar-refractivity contribution in [2.45, 2.75) is 6.92 Å². The van der Waals surface area contributed by atoms with Gasteiger partial charge in [0.15, 0.2) is 0 Å². The van der Waals surface area contributed by atoms with Gasteiger partial charge in [-0.15, -0.1) is 0 Å². The minimum absolute atomic E-state index is 0.472. The average molecular weight is 313 g/mol. The Bertz CT molecular complexity index is 550. The van der Waals surface area contributed by atoms with Gasteiger partial charge >= 0.3 is 10.2 Å². The highest BCUT2D eigenvalue weighted by atomic mass is 32.2. The summed E-state index contributed by atoms with van der Waals surface area (Å²) in [6.07, 6.45) is 1.56. The molecular weight excluding hydrogens is 290 g/mol. The molecule has 0 atom stereocenters. The van der Waals surface area contributed by atoms with E-state index < -0.39 is 10.2 Å². The van der Waals surface area contributed by atoms with E-state index in [-0.39, 0.29) is 0 Å². The van der Waals surface area contributed by atoms with Gasteiger partial charge in [0.1, 0.15) is 5.82 Å². The summed E-state index contributed by atoms with van der Waals surface area (Å²) in [6.45, 7) is 7.21. The average Bonchev–Trinajstić information content (AvgIpc) is 2.48. The zero-order valence-electron chi connectivity index (χ0n) is 12.8. The molecule has 8 heteroatoms. The lowest BCUT2D eigenvalue weighted by molar-refractivity contribution is 0.270. The van der Waals surface area contributed by atoms with Crippen LogP contribution in [0.3, 0.4) is 0 Å². The molecule has 7 nitrogen and oxygen atoms in total. The maximum Gasteiger partial charge on any atom is 0.301 e. The van der Waals surface area contributed by atoms with E-state index in [9.17, 15) is 8.42 Å². The van der Waals surface area contributed by atoms with Crippen molar-refractivity contribution in [1.82, 2.24) is 14.2 Å². The smallest absolute Gasteiger partial charge is 0.301 e. The van der Waals surface area contributed by atoms with Crippen LogP contribution in [-0.2, 0) is 10.2 Å². The SMILES string of the molecule is CCN1CCN(c2ccc(NS(=O)(=O)N(C)C)cn2)CC1. The zero-order chi connectivity index (χ0) is 15.5. The number of hydrogen-bond acceptors (Lipinski definition) is 5. The number of nitrogens with one attached hydrogen (secondary N) is 1. The Kier molecular flexibility index (Phi) is 5.02. The molecule has 0 radical (unpaired) electrons. The topological polar surface area (TPSA) is 68.8 Å². The number of rotatable bonds is 5. The van der Waals surface area contributed by atoms with E-state index in [0.29, 0.717) is 5.69 Å². The third-order valence-electron chi connectivity index (χ3n) is 3.62. The molecule has 118 valence electrons. The molecule has 0 unspecified atom stereocenters. The fourth-order valence-electron chi connectivity index (χ4n) is 2.17. The van der Waals surface area contributed by atoms with Gasteiger partial charge in [-0.2, -0.15) is 12.7 Å². The van der Waals surface area contributed by atoms with Crippen LogP contribution in [0.5, 0.6) is 0 Å². The van der Waals surface area contributed by atoms with Crippen molar-refractivity contribution in [1.29, 1.82) is 0 Å². The molecule has 1 fully saturated rings. The van der Waals surface area contributed by atoms with Crippen molar-refractivity contribution < 1.29 is 8.42 Å². The quantitative estimate of drug-likeness (QED) is 0.854. The largest absolute Gasteiger partial charge is 0.354 e. The first-order valence-corrected chi connectivity index (χ1v) is 8.50. The molecule has 0 saturated carbocycles. The molecule has 1 aromatic heterocycles. The molecule has 2 heterocycles. The molecule has 0 aromatic carbocycles. The number of aromatic nitrogens is 1. The standard InChI is InChI=1S/C13H23N5O2S/c1-4-17-7-9-18(10-8-17)13-6-5-12(11-14-13)15-21(19,20)16(2)3/h5-6,11,15H,4,7-10H2,1-3H3. The van der Waals surface area contributed by atoms with Gasteiger partial charge in [-0.3, -0.25) is 4.72 Å². The monoisotopic (exact) mass is 313 g/mol. The second-order valence-corrected chi connectivity index (χ2v) is 7.10. The predicted octanol–water partition coefficient (Wildman–Crippen LogP) is 0.442. The molecule has 2 rings (SSSR count). The van der Waals surface area contributed by atoms with Crippen molar-refractivity contribution in [3.63, 3.8) is 0 Å². The highest BCUT2D eigenvalue weighted by molar-refractivity contribution is 7.90. The first kappa shape index (κ1) is 16.0. The molecule has 0 amide bonds. The second-order valence-electron chi connectivity index (χ2n) is 5.22. The highest BCUT2D eigenvalue weighted by Gasteiger charge is 2.17. The van der Waals surface area contributed by atoms with Gasteiger partial charge in [0.05, 0.1) is 11.9 Å². The van der Waals surface area contributed by atoms with Crippen molar-refractivity contribution in [3.05, 3.63) is 18.3 Å². The van der Waals surface area contributed by atoms with Crippen LogP contribution in [-0.4, -0.2) is 69.4 Å². The highest BCUT2D eigenvalue weighted by Crippen LogP contribution is 2.17. The summed E-state index contributed by atoms with van der Waals surface area (Å²) >= 11 is 0. The molecule has 1 saturated heterocycles. The van der Waals surface area contributed by atoms with E-state index in [2.05, 4.69) is 26.4 Å². The Balaban J connectivity index is 2.00. The van der Waals surface area contributed by atoms with E-state index in [1.54, 1.807) is 12.3 Å². The maximum atomic E-state index is 11.7. The summed E-state index contributed by atoms with van der Waals surface area (Å²) in [5, 5.41) is 0. The van der Waals surface area contributed by atoms with E-state index in [4.69, 9.17) is 0 Å². The van der Waals surface area contributed by atoms with Gasteiger partial charge in [0, 0.05) is 40.3 Å². The van der Waals surface area contributed by atoms with Crippen LogP contribution in [0.4, 0.5) is 11.5 Å². The van der Waals surface area contributed by atoms with Crippen molar-refractivity contribution >= 4 is 21.7 Å². The lowest BCUT2D eigenvalue weighted by Crippen LogP contribution is -2.46. The molecule has 1 aromatic rings. The number of pyridine rings is 1. The molecule has 1 N–H and O–H groups in total. The lowest BCUT2D eigenvalue weighted by atomic mass is 10.3. The van der Waals surface area contributed by atoms with Crippen molar-refractivity contribution in [2.75, 3.05) is 56.4 Å². The maximum absolute atomic E-state index is 11.7. The molecule has 0 aliphatic carbocycles. The Morgan fingerprint density at radius 2 is 1.90 bits per heavy atom. The van der Waals surface area contributed by atoms with Crippen molar-refractivity contribution in [3.8, 4) is 0 Å². The van der Waals surface area contributed by atoms with Gasteiger partial charge in [-0.1, -0.05) is 6.92 Å². The summed E-state index contributed by atoms with van der Waals surface area (Å²) in [7, 11) is -0.510. The van der Waals surface area contributed by atoms with Gasteiger partial charge in [0.2, 0.25) is 0 Å². The van der Waals surface area contributed by atoms with Gasteiger partial charge < -0.3 is 9.80 Å². The molecule has 21 heavy (non-hydrogen) atoms. The molecule has 0 bridgehead atoms. The molecular formula is C13H23N5O2S.